The fourth-order valence-corrected chi connectivity index (χ4v) is 1.17. The molecule has 6 heteroatoms. The van der Waals surface area contributed by atoms with E-state index in [0.29, 0.717) is 0 Å². The summed E-state index contributed by atoms with van der Waals surface area (Å²) < 4.78 is 38.3. The average molecular weight is 232 g/mol. The molecule has 0 aromatic heterocycles. The molecule has 16 heavy (non-hydrogen) atoms. The minimum atomic E-state index is -1.53. The first-order valence-corrected chi connectivity index (χ1v) is 4.58. The molecule has 0 heterocycles. The van der Waals surface area contributed by atoms with Crippen LogP contribution in [-0.4, -0.2) is 19.0 Å². The number of halogens is 3. The highest BCUT2D eigenvalue weighted by Crippen LogP contribution is 2.17. The number of likely N-dealkylation sites (N-methyl/N-ethyl adjacent to an activating group) is 1. The second-order valence-electron chi connectivity index (χ2n) is 3.23. The van der Waals surface area contributed by atoms with Gasteiger partial charge in [0.1, 0.15) is 6.04 Å². The third-order valence-corrected chi connectivity index (χ3v) is 2.01. The Bertz CT molecular complexity index is 386. The number of amides is 1. The Balaban J connectivity index is 2.86. The first-order chi connectivity index (χ1) is 7.45. The lowest BCUT2D eigenvalue weighted by Crippen LogP contribution is -2.35. The molecular formula is C10H11F3N2O. The van der Waals surface area contributed by atoms with Crippen molar-refractivity contribution in [1.82, 2.24) is 5.32 Å². The largest absolute Gasteiger partial charge is 0.374 e. The molecule has 1 aromatic carbocycles. The van der Waals surface area contributed by atoms with Gasteiger partial charge in [0.25, 0.3) is 0 Å². The number of hydrogen-bond acceptors (Lipinski definition) is 2. The van der Waals surface area contributed by atoms with Gasteiger partial charge in [0.05, 0.1) is 0 Å². The highest BCUT2D eigenvalue weighted by Gasteiger charge is 2.14. The molecule has 0 radical (unpaired) electrons. The number of anilines is 1. The number of carbonyl (C=O) groups excluding carboxylic acids is 1. The van der Waals surface area contributed by atoms with Crippen molar-refractivity contribution in [2.45, 2.75) is 13.0 Å². The summed E-state index contributed by atoms with van der Waals surface area (Å²) in [5, 5.41) is 4.91. The summed E-state index contributed by atoms with van der Waals surface area (Å²) in [6, 6.07) is 0.907. The van der Waals surface area contributed by atoms with Gasteiger partial charge in [-0.1, -0.05) is 0 Å². The van der Waals surface area contributed by atoms with Crippen LogP contribution in [0.5, 0.6) is 0 Å². The summed E-state index contributed by atoms with van der Waals surface area (Å²) in [7, 11) is 1.44. The lowest BCUT2D eigenvalue weighted by molar-refractivity contribution is -0.121. The average Bonchev–Trinajstić information content (AvgIpc) is 2.24. The Kier molecular flexibility index (Phi) is 3.76. The van der Waals surface area contributed by atoms with Crippen molar-refractivity contribution in [2.24, 2.45) is 0 Å². The molecule has 1 aromatic rings. The summed E-state index contributed by atoms with van der Waals surface area (Å²) in [5.41, 5.74) is 0.00694. The van der Waals surface area contributed by atoms with Crippen LogP contribution in [0.15, 0.2) is 12.1 Å². The van der Waals surface area contributed by atoms with Crippen molar-refractivity contribution < 1.29 is 18.0 Å². The highest BCUT2D eigenvalue weighted by atomic mass is 19.2. The second kappa shape index (κ2) is 4.87. The molecule has 1 atom stereocenters. The van der Waals surface area contributed by atoms with Crippen LogP contribution in [-0.2, 0) is 4.79 Å². The molecule has 2 N–H and O–H groups in total. The molecule has 0 saturated carbocycles. The van der Waals surface area contributed by atoms with Crippen LogP contribution in [0.1, 0.15) is 6.92 Å². The Hall–Kier alpha value is -1.72. The lowest BCUT2D eigenvalue weighted by Gasteiger charge is -2.13. The third kappa shape index (κ3) is 2.65. The van der Waals surface area contributed by atoms with E-state index in [1.807, 2.05) is 0 Å². The van der Waals surface area contributed by atoms with Gasteiger partial charge in [-0.2, -0.15) is 0 Å². The van der Waals surface area contributed by atoms with E-state index in [1.165, 1.54) is 14.0 Å². The van der Waals surface area contributed by atoms with Crippen LogP contribution >= 0.6 is 0 Å². The minimum absolute atomic E-state index is 0.00694. The zero-order valence-corrected chi connectivity index (χ0v) is 8.77. The van der Waals surface area contributed by atoms with Crippen molar-refractivity contribution in [3.8, 4) is 0 Å². The van der Waals surface area contributed by atoms with Gasteiger partial charge in [-0.15, -0.1) is 0 Å². The quantitative estimate of drug-likeness (QED) is 0.778. The van der Waals surface area contributed by atoms with Gasteiger partial charge in [-0.3, -0.25) is 4.79 Å². The maximum atomic E-state index is 12.8. The van der Waals surface area contributed by atoms with Gasteiger partial charge in [0.2, 0.25) is 5.91 Å². The zero-order chi connectivity index (χ0) is 12.3. The predicted molar refractivity (Wildman–Crippen MR) is 53.5 cm³/mol. The molecule has 1 amide bonds. The number of hydrogen-bond donors (Lipinski definition) is 2. The predicted octanol–water partition coefficient (Wildman–Crippen LogP) is 1.65. The third-order valence-electron chi connectivity index (χ3n) is 2.01. The van der Waals surface area contributed by atoms with Gasteiger partial charge < -0.3 is 10.6 Å². The highest BCUT2D eigenvalue weighted by molar-refractivity contribution is 5.83. The molecule has 0 spiro atoms. The van der Waals surface area contributed by atoms with Crippen LogP contribution in [0.4, 0.5) is 18.9 Å². The summed E-state index contributed by atoms with van der Waals surface area (Å²) in [4.78, 5) is 11.1. The van der Waals surface area contributed by atoms with E-state index >= 15 is 0 Å². The van der Waals surface area contributed by atoms with Crippen LogP contribution < -0.4 is 10.6 Å². The smallest absolute Gasteiger partial charge is 0.241 e. The second-order valence-corrected chi connectivity index (χ2v) is 3.23. The van der Waals surface area contributed by atoms with E-state index in [9.17, 15) is 18.0 Å². The number of rotatable bonds is 3. The van der Waals surface area contributed by atoms with E-state index in [4.69, 9.17) is 0 Å². The Morgan fingerprint density at radius 3 is 2.19 bits per heavy atom. The zero-order valence-electron chi connectivity index (χ0n) is 8.77. The topological polar surface area (TPSA) is 41.1 Å². The van der Waals surface area contributed by atoms with Gasteiger partial charge >= 0.3 is 0 Å². The summed E-state index contributed by atoms with van der Waals surface area (Å²) in [6.07, 6.45) is 0. The van der Waals surface area contributed by atoms with Crippen molar-refractivity contribution in [1.29, 1.82) is 0 Å². The van der Waals surface area contributed by atoms with E-state index in [0.717, 1.165) is 12.1 Å². The van der Waals surface area contributed by atoms with Gasteiger partial charge in [0, 0.05) is 24.9 Å². The van der Waals surface area contributed by atoms with E-state index < -0.39 is 23.5 Å². The molecule has 0 bridgehead atoms. The monoisotopic (exact) mass is 232 g/mol. The first kappa shape index (κ1) is 12.4. The molecule has 1 unspecified atom stereocenters. The van der Waals surface area contributed by atoms with Gasteiger partial charge in [-0.25, -0.2) is 13.2 Å². The van der Waals surface area contributed by atoms with Crippen molar-refractivity contribution in [2.75, 3.05) is 12.4 Å². The van der Waals surface area contributed by atoms with E-state index in [1.54, 1.807) is 0 Å². The molecule has 0 saturated heterocycles. The molecule has 3 nitrogen and oxygen atoms in total. The first-order valence-electron chi connectivity index (χ1n) is 4.58. The number of benzene rings is 1. The minimum Gasteiger partial charge on any atom is -0.374 e. The molecule has 0 fully saturated rings. The summed E-state index contributed by atoms with van der Waals surface area (Å²) in [5.74, 6) is -4.47. The lowest BCUT2D eigenvalue weighted by atomic mass is 10.2. The Morgan fingerprint density at radius 1 is 1.25 bits per heavy atom. The summed E-state index contributed by atoms with van der Waals surface area (Å²) >= 11 is 0. The molecule has 88 valence electrons. The maximum Gasteiger partial charge on any atom is 0.241 e. The van der Waals surface area contributed by atoms with Crippen LogP contribution in [0.2, 0.25) is 0 Å². The van der Waals surface area contributed by atoms with Crippen molar-refractivity contribution in [3.05, 3.63) is 29.6 Å². The fourth-order valence-electron chi connectivity index (χ4n) is 1.17. The van der Waals surface area contributed by atoms with Crippen molar-refractivity contribution in [3.63, 3.8) is 0 Å². The Labute approximate surface area is 90.6 Å². The molecular weight excluding hydrogens is 221 g/mol. The van der Waals surface area contributed by atoms with Gasteiger partial charge in [-0.05, 0) is 6.92 Å². The number of nitrogens with one attached hydrogen (secondary N) is 2. The number of carbonyl (C=O) groups is 1. The standard InChI is InChI=1S/C10H11F3N2O/c1-5(10(16)14-2)15-6-3-7(11)9(13)8(12)4-6/h3-5,15H,1-2H3,(H,14,16). The molecule has 0 aliphatic rings. The molecule has 1 rings (SSSR count). The van der Waals surface area contributed by atoms with E-state index in [-0.39, 0.29) is 11.6 Å². The summed E-state index contributed by atoms with van der Waals surface area (Å²) in [6.45, 7) is 1.51. The van der Waals surface area contributed by atoms with Crippen LogP contribution in [0.25, 0.3) is 0 Å². The Morgan fingerprint density at radius 2 is 1.75 bits per heavy atom. The molecule has 0 aliphatic heterocycles. The van der Waals surface area contributed by atoms with Crippen LogP contribution in [0, 0.1) is 17.5 Å². The fraction of sp³-hybridized carbons (Fsp3) is 0.300. The van der Waals surface area contributed by atoms with Crippen molar-refractivity contribution >= 4 is 11.6 Å². The van der Waals surface area contributed by atoms with Gasteiger partial charge in [0.15, 0.2) is 17.5 Å². The molecule has 0 aliphatic carbocycles. The SMILES string of the molecule is CNC(=O)C(C)Nc1cc(F)c(F)c(F)c1. The van der Waals surface area contributed by atoms with Crippen LogP contribution in [0.3, 0.4) is 0 Å². The normalized spacial score (nSPS) is 12.1. The van der Waals surface area contributed by atoms with E-state index in [2.05, 4.69) is 10.6 Å². The maximum absolute atomic E-state index is 12.8.